The molecule has 1 aromatic rings. The molecule has 19 heavy (non-hydrogen) atoms. The van der Waals surface area contributed by atoms with Gasteiger partial charge in [0.2, 0.25) is 0 Å². The maximum atomic E-state index is 11.8. The third-order valence-corrected chi connectivity index (χ3v) is 3.33. The molecule has 1 aromatic carbocycles. The largest absolute Gasteiger partial charge is 0.481 e. The van der Waals surface area contributed by atoms with E-state index < -0.39 is 6.10 Å². The van der Waals surface area contributed by atoms with E-state index in [-0.39, 0.29) is 11.3 Å². The van der Waals surface area contributed by atoms with Crippen LogP contribution in [0.15, 0.2) is 24.3 Å². The first-order chi connectivity index (χ1) is 8.86. The molecule has 0 radical (unpaired) electrons. The molecule has 104 valence electrons. The van der Waals surface area contributed by atoms with Crippen LogP contribution in [-0.4, -0.2) is 18.1 Å². The van der Waals surface area contributed by atoms with Gasteiger partial charge in [0.1, 0.15) is 5.75 Å². The van der Waals surface area contributed by atoms with Crippen LogP contribution >= 0.6 is 0 Å². The zero-order chi connectivity index (χ0) is 14.0. The smallest absolute Gasteiger partial charge is 0.260 e. The van der Waals surface area contributed by atoms with Gasteiger partial charge in [-0.25, -0.2) is 0 Å². The third kappa shape index (κ3) is 3.98. The van der Waals surface area contributed by atoms with Crippen LogP contribution in [0.5, 0.6) is 5.75 Å². The molecule has 2 rings (SSSR count). The van der Waals surface area contributed by atoms with E-state index >= 15 is 0 Å². The topological polar surface area (TPSA) is 38.3 Å². The summed E-state index contributed by atoms with van der Waals surface area (Å²) in [4.78, 5) is 11.8. The zero-order valence-corrected chi connectivity index (χ0v) is 12.2. The molecule has 1 aliphatic rings. The van der Waals surface area contributed by atoms with Crippen molar-refractivity contribution in [2.24, 2.45) is 0 Å². The molecular weight excluding hydrogens is 238 g/mol. The van der Waals surface area contributed by atoms with Gasteiger partial charge in [0, 0.05) is 6.04 Å². The molecule has 3 nitrogen and oxygen atoms in total. The summed E-state index contributed by atoms with van der Waals surface area (Å²) < 4.78 is 5.66. The third-order valence-electron chi connectivity index (χ3n) is 3.33. The number of benzene rings is 1. The Morgan fingerprint density at radius 1 is 1.26 bits per heavy atom. The fourth-order valence-corrected chi connectivity index (χ4v) is 1.84. The molecule has 1 atom stereocenters. The van der Waals surface area contributed by atoms with Crippen molar-refractivity contribution in [2.45, 2.75) is 58.1 Å². The first-order valence-corrected chi connectivity index (χ1v) is 6.94. The van der Waals surface area contributed by atoms with Crippen molar-refractivity contribution in [3.8, 4) is 5.75 Å². The minimum Gasteiger partial charge on any atom is -0.481 e. The summed E-state index contributed by atoms with van der Waals surface area (Å²) >= 11 is 0. The number of carbonyl (C=O) groups excluding carboxylic acids is 1. The molecule has 0 saturated heterocycles. The van der Waals surface area contributed by atoms with Crippen molar-refractivity contribution in [3.05, 3.63) is 29.8 Å². The van der Waals surface area contributed by atoms with Gasteiger partial charge >= 0.3 is 0 Å². The minimum absolute atomic E-state index is 0.0256. The Labute approximate surface area is 115 Å². The molecule has 1 N–H and O–H groups in total. The van der Waals surface area contributed by atoms with Crippen molar-refractivity contribution < 1.29 is 9.53 Å². The summed E-state index contributed by atoms with van der Waals surface area (Å²) in [6, 6.07) is 8.35. The standard InChI is InChI=1S/C16H23NO2/c1-11(15(18)17-13-7-8-13)19-14-9-5-12(6-10-14)16(2,3)4/h5-6,9-11,13H,7-8H2,1-4H3,(H,17,18)/t11-/m0/s1. The molecule has 0 aromatic heterocycles. The van der Waals surface area contributed by atoms with Gasteiger partial charge in [-0.05, 0) is 42.9 Å². The number of nitrogens with one attached hydrogen (secondary N) is 1. The SMILES string of the molecule is C[C@H](Oc1ccc(C(C)(C)C)cc1)C(=O)NC1CC1. The van der Waals surface area contributed by atoms with Crippen LogP contribution in [0.4, 0.5) is 0 Å². The summed E-state index contributed by atoms with van der Waals surface area (Å²) in [6.45, 7) is 8.31. The highest BCUT2D eigenvalue weighted by molar-refractivity contribution is 5.81. The predicted molar refractivity (Wildman–Crippen MR) is 76.4 cm³/mol. The Balaban J connectivity index is 1.93. The molecule has 3 heteroatoms. The normalized spacial score (nSPS) is 16.8. The van der Waals surface area contributed by atoms with E-state index in [1.807, 2.05) is 12.1 Å². The lowest BCUT2D eigenvalue weighted by molar-refractivity contribution is -0.127. The number of hydrogen-bond acceptors (Lipinski definition) is 2. The number of rotatable bonds is 4. The van der Waals surface area contributed by atoms with E-state index in [4.69, 9.17) is 4.74 Å². The van der Waals surface area contributed by atoms with Gasteiger partial charge in [-0.15, -0.1) is 0 Å². The van der Waals surface area contributed by atoms with E-state index in [0.717, 1.165) is 18.6 Å². The van der Waals surface area contributed by atoms with Crippen LogP contribution in [0.1, 0.15) is 46.1 Å². The molecule has 1 fully saturated rings. The Hall–Kier alpha value is -1.51. The molecule has 0 spiro atoms. The van der Waals surface area contributed by atoms with Gasteiger partial charge in [0.15, 0.2) is 6.10 Å². The molecule has 1 amide bonds. The number of amides is 1. The summed E-state index contributed by atoms with van der Waals surface area (Å²) in [6.07, 6.45) is 1.75. The number of carbonyl (C=O) groups is 1. The second-order valence-electron chi connectivity index (χ2n) is 6.32. The highest BCUT2D eigenvalue weighted by Gasteiger charge is 2.26. The van der Waals surface area contributed by atoms with Crippen LogP contribution in [0.2, 0.25) is 0 Å². The minimum atomic E-state index is -0.443. The van der Waals surface area contributed by atoms with Crippen LogP contribution in [0, 0.1) is 0 Å². The van der Waals surface area contributed by atoms with Crippen molar-refractivity contribution >= 4 is 5.91 Å². The quantitative estimate of drug-likeness (QED) is 0.904. The second kappa shape index (κ2) is 5.24. The van der Waals surface area contributed by atoms with E-state index in [9.17, 15) is 4.79 Å². The summed E-state index contributed by atoms with van der Waals surface area (Å²) in [5.41, 5.74) is 1.39. The van der Waals surface area contributed by atoms with Gasteiger partial charge in [0.05, 0.1) is 0 Å². The molecule has 1 saturated carbocycles. The van der Waals surface area contributed by atoms with E-state index in [1.54, 1.807) is 6.92 Å². The average molecular weight is 261 g/mol. The van der Waals surface area contributed by atoms with Gasteiger partial charge in [0.25, 0.3) is 5.91 Å². The summed E-state index contributed by atoms with van der Waals surface area (Å²) in [5, 5.41) is 2.95. The lowest BCUT2D eigenvalue weighted by Gasteiger charge is -2.20. The Kier molecular flexibility index (Phi) is 3.83. The predicted octanol–water partition coefficient (Wildman–Crippen LogP) is 3.03. The lowest BCUT2D eigenvalue weighted by atomic mass is 9.87. The van der Waals surface area contributed by atoms with Crippen molar-refractivity contribution in [3.63, 3.8) is 0 Å². The average Bonchev–Trinajstić information content (AvgIpc) is 3.12. The highest BCUT2D eigenvalue weighted by Crippen LogP contribution is 2.25. The molecule has 1 aliphatic carbocycles. The fourth-order valence-electron chi connectivity index (χ4n) is 1.84. The van der Waals surface area contributed by atoms with E-state index in [0.29, 0.717) is 6.04 Å². The Morgan fingerprint density at radius 3 is 2.32 bits per heavy atom. The lowest BCUT2D eigenvalue weighted by Crippen LogP contribution is -2.37. The molecule has 0 unspecified atom stereocenters. The summed E-state index contributed by atoms with van der Waals surface area (Å²) in [7, 11) is 0. The number of hydrogen-bond donors (Lipinski definition) is 1. The van der Waals surface area contributed by atoms with Gasteiger partial charge in [-0.1, -0.05) is 32.9 Å². The molecule has 0 heterocycles. The Morgan fingerprint density at radius 2 is 1.84 bits per heavy atom. The van der Waals surface area contributed by atoms with Crippen LogP contribution < -0.4 is 10.1 Å². The van der Waals surface area contributed by atoms with Gasteiger partial charge < -0.3 is 10.1 Å². The highest BCUT2D eigenvalue weighted by atomic mass is 16.5. The molecule has 0 aliphatic heterocycles. The Bertz CT molecular complexity index is 441. The molecule has 0 bridgehead atoms. The monoisotopic (exact) mass is 261 g/mol. The second-order valence-corrected chi connectivity index (χ2v) is 6.32. The van der Waals surface area contributed by atoms with E-state index in [1.165, 1.54) is 5.56 Å². The maximum Gasteiger partial charge on any atom is 0.260 e. The molecular formula is C16H23NO2. The van der Waals surface area contributed by atoms with Gasteiger partial charge in [-0.2, -0.15) is 0 Å². The van der Waals surface area contributed by atoms with Gasteiger partial charge in [-0.3, -0.25) is 4.79 Å². The first kappa shape index (κ1) is 13.9. The van der Waals surface area contributed by atoms with Crippen molar-refractivity contribution in [2.75, 3.05) is 0 Å². The van der Waals surface area contributed by atoms with E-state index in [2.05, 4.69) is 38.2 Å². The van der Waals surface area contributed by atoms with Crippen LogP contribution in [0.3, 0.4) is 0 Å². The summed E-state index contributed by atoms with van der Waals surface area (Å²) in [5.74, 6) is 0.717. The van der Waals surface area contributed by atoms with Crippen LogP contribution in [0.25, 0.3) is 0 Å². The first-order valence-electron chi connectivity index (χ1n) is 6.94. The fraction of sp³-hybridized carbons (Fsp3) is 0.562. The maximum absolute atomic E-state index is 11.8. The van der Waals surface area contributed by atoms with Crippen LogP contribution in [-0.2, 0) is 10.2 Å². The number of ether oxygens (including phenoxy) is 1. The van der Waals surface area contributed by atoms with Crippen molar-refractivity contribution in [1.82, 2.24) is 5.32 Å². The van der Waals surface area contributed by atoms with Crippen molar-refractivity contribution in [1.29, 1.82) is 0 Å². The zero-order valence-electron chi connectivity index (χ0n) is 12.2.